The number of aryl methyl sites for hydroxylation is 1. The van der Waals surface area contributed by atoms with Gasteiger partial charge in [-0.25, -0.2) is 4.98 Å². The molecule has 2 aromatic rings. The molecule has 1 aromatic heterocycles. The number of anilines is 2. The molecule has 0 radical (unpaired) electrons. The zero-order chi connectivity index (χ0) is 14.3. The molecule has 20 heavy (non-hydrogen) atoms. The monoisotopic (exact) mass is 288 g/mol. The van der Waals surface area contributed by atoms with Crippen molar-refractivity contribution in [2.24, 2.45) is 5.92 Å². The lowest BCUT2D eigenvalue weighted by atomic mass is 10.0. The fourth-order valence-electron chi connectivity index (χ4n) is 2.85. The van der Waals surface area contributed by atoms with Gasteiger partial charge >= 0.3 is 0 Å². The number of aromatic nitrogens is 2. The van der Waals surface area contributed by atoms with Crippen LogP contribution in [0, 0.1) is 12.8 Å². The van der Waals surface area contributed by atoms with Crippen molar-refractivity contribution in [1.82, 2.24) is 9.97 Å². The Kier molecular flexibility index (Phi) is 3.26. The number of nitrogens with one attached hydrogen (secondary N) is 1. The Balaban J connectivity index is 1.93. The summed E-state index contributed by atoms with van der Waals surface area (Å²) in [7, 11) is 0. The van der Waals surface area contributed by atoms with E-state index in [-0.39, 0.29) is 12.0 Å². The molecule has 1 aliphatic carbocycles. The Bertz CT molecular complexity index is 636. The topological polar surface area (TPSA) is 63.8 Å². The largest absolute Gasteiger partial charge is 0.368 e. The van der Waals surface area contributed by atoms with Gasteiger partial charge in [-0.2, -0.15) is 4.98 Å². The average molecular weight is 289 g/mol. The number of hydrogen-bond acceptors (Lipinski definition) is 4. The smallest absolute Gasteiger partial charge is 0.223 e. The molecular formula is C15H17ClN4. The van der Waals surface area contributed by atoms with Crippen LogP contribution in [0.5, 0.6) is 0 Å². The summed E-state index contributed by atoms with van der Waals surface area (Å²) >= 11 is 5.93. The molecule has 2 atom stereocenters. The van der Waals surface area contributed by atoms with E-state index in [1.807, 2.05) is 0 Å². The van der Waals surface area contributed by atoms with Gasteiger partial charge in [0.1, 0.15) is 11.0 Å². The van der Waals surface area contributed by atoms with Gasteiger partial charge in [0.15, 0.2) is 0 Å². The van der Waals surface area contributed by atoms with Crippen molar-refractivity contribution >= 4 is 23.4 Å². The first-order valence-corrected chi connectivity index (χ1v) is 7.07. The van der Waals surface area contributed by atoms with Gasteiger partial charge in [0.2, 0.25) is 5.95 Å². The van der Waals surface area contributed by atoms with Crippen LogP contribution < -0.4 is 11.1 Å². The van der Waals surface area contributed by atoms with Crippen LogP contribution >= 0.6 is 11.6 Å². The molecule has 0 aliphatic heterocycles. The van der Waals surface area contributed by atoms with E-state index in [9.17, 15) is 0 Å². The predicted octanol–water partition coefficient (Wildman–Crippen LogP) is 3.37. The van der Waals surface area contributed by atoms with Crippen LogP contribution in [0.15, 0.2) is 24.3 Å². The fourth-order valence-corrected chi connectivity index (χ4v) is 3.04. The van der Waals surface area contributed by atoms with Gasteiger partial charge in [0.25, 0.3) is 0 Å². The number of benzene rings is 1. The lowest BCUT2D eigenvalue weighted by molar-refractivity contribution is 0.540. The summed E-state index contributed by atoms with van der Waals surface area (Å²) in [6.07, 6.45) is 1.07. The quantitative estimate of drug-likeness (QED) is 0.832. The van der Waals surface area contributed by atoms with Gasteiger partial charge in [-0.15, -0.1) is 0 Å². The summed E-state index contributed by atoms with van der Waals surface area (Å²) in [5, 5.41) is 3.80. The zero-order valence-electron chi connectivity index (χ0n) is 11.5. The second kappa shape index (κ2) is 4.94. The van der Waals surface area contributed by atoms with Crippen LogP contribution in [-0.4, -0.2) is 9.97 Å². The SMILES string of the molecule is Cc1ccc2c(c1)[C@H](Nc1cc(Cl)nc(N)n1)[C@@H](C)C2. The number of halogens is 1. The van der Waals surface area contributed by atoms with E-state index >= 15 is 0 Å². The summed E-state index contributed by atoms with van der Waals surface area (Å²) < 4.78 is 0. The highest BCUT2D eigenvalue weighted by Crippen LogP contribution is 2.38. The molecule has 0 spiro atoms. The molecule has 0 fully saturated rings. The standard InChI is InChI=1S/C15H17ClN4/c1-8-3-4-10-6-9(2)14(11(10)5-8)19-13-7-12(16)18-15(17)20-13/h3-5,7,9,14H,6H2,1-2H3,(H3,17,18,19,20)/t9-,14+/m0/s1. The van der Waals surface area contributed by atoms with Gasteiger partial charge < -0.3 is 11.1 Å². The second-order valence-corrected chi connectivity index (χ2v) is 5.83. The minimum atomic E-state index is 0.190. The highest BCUT2D eigenvalue weighted by atomic mass is 35.5. The summed E-state index contributed by atoms with van der Waals surface area (Å²) in [4.78, 5) is 8.08. The molecule has 0 amide bonds. The molecule has 3 rings (SSSR count). The summed E-state index contributed by atoms with van der Waals surface area (Å²) in [5.41, 5.74) is 9.64. The van der Waals surface area contributed by atoms with Gasteiger partial charge in [0, 0.05) is 6.07 Å². The molecular weight excluding hydrogens is 272 g/mol. The van der Waals surface area contributed by atoms with E-state index in [0.29, 0.717) is 16.9 Å². The third kappa shape index (κ3) is 2.43. The van der Waals surface area contributed by atoms with Crippen LogP contribution in [0.2, 0.25) is 5.15 Å². The maximum Gasteiger partial charge on any atom is 0.223 e. The zero-order valence-corrected chi connectivity index (χ0v) is 12.3. The molecule has 0 bridgehead atoms. The highest BCUT2D eigenvalue weighted by Gasteiger charge is 2.29. The maximum absolute atomic E-state index is 5.93. The first-order valence-electron chi connectivity index (χ1n) is 6.69. The van der Waals surface area contributed by atoms with Crippen LogP contribution in [-0.2, 0) is 6.42 Å². The molecule has 0 saturated heterocycles. The van der Waals surface area contributed by atoms with Crippen molar-refractivity contribution in [3.63, 3.8) is 0 Å². The summed E-state index contributed by atoms with van der Waals surface area (Å²) in [6, 6.07) is 8.55. The fraction of sp³-hybridized carbons (Fsp3) is 0.333. The Morgan fingerprint density at radius 1 is 1.30 bits per heavy atom. The van der Waals surface area contributed by atoms with E-state index in [4.69, 9.17) is 17.3 Å². The third-order valence-corrected chi connectivity index (χ3v) is 3.96. The van der Waals surface area contributed by atoms with Crippen LogP contribution in [0.1, 0.15) is 29.7 Å². The van der Waals surface area contributed by atoms with Gasteiger partial charge in [-0.05, 0) is 30.4 Å². The normalized spacial score (nSPS) is 20.8. The molecule has 4 nitrogen and oxygen atoms in total. The Labute approximate surface area is 123 Å². The second-order valence-electron chi connectivity index (χ2n) is 5.44. The molecule has 104 valence electrons. The summed E-state index contributed by atoms with van der Waals surface area (Å²) in [5.74, 6) is 1.37. The minimum Gasteiger partial charge on any atom is -0.368 e. The van der Waals surface area contributed by atoms with Gasteiger partial charge in [-0.3, -0.25) is 0 Å². The molecule has 1 aromatic carbocycles. The minimum absolute atomic E-state index is 0.190. The molecule has 3 N–H and O–H groups in total. The molecule has 1 aliphatic rings. The number of nitrogens with two attached hydrogens (primary N) is 1. The van der Waals surface area contributed by atoms with E-state index in [1.54, 1.807) is 6.07 Å². The van der Waals surface area contributed by atoms with Crippen molar-refractivity contribution in [1.29, 1.82) is 0 Å². The lowest BCUT2D eigenvalue weighted by Crippen LogP contribution is -2.16. The predicted molar refractivity (Wildman–Crippen MR) is 81.9 cm³/mol. The van der Waals surface area contributed by atoms with Crippen molar-refractivity contribution in [2.75, 3.05) is 11.1 Å². The average Bonchev–Trinajstić information content (AvgIpc) is 2.65. The third-order valence-electron chi connectivity index (χ3n) is 3.76. The Morgan fingerprint density at radius 3 is 2.85 bits per heavy atom. The van der Waals surface area contributed by atoms with E-state index in [1.165, 1.54) is 16.7 Å². The molecule has 0 saturated carbocycles. The number of nitrogens with zero attached hydrogens (tertiary/aromatic N) is 2. The lowest BCUT2D eigenvalue weighted by Gasteiger charge is -2.20. The number of nitrogen functional groups attached to an aromatic ring is 1. The van der Waals surface area contributed by atoms with Gasteiger partial charge in [-0.1, -0.05) is 42.3 Å². The van der Waals surface area contributed by atoms with E-state index in [0.717, 1.165) is 6.42 Å². The Morgan fingerprint density at radius 2 is 2.10 bits per heavy atom. The number of rotatable bonds is 2. The van der Waals surface area contributed by atoms with E-state index in [2.05, 4.69) is 47.3 Å². The van der Waals surface area contributed by atoms with Crippen molar-refractivity contribution < 1.29 is 0 Å². The van der Waals surface area contributed by atoms with Crippen molar-refractivity contribution in [2.45, 2.75) is 26.3 Å². The molecule has 5 heteroatoms. The number of fused-ring (bicyclic) bond motifs is 1. The first-order chi connectivity index (χ1) is 9.52. The first kappa shape index (κ1) is 13.2. The highest BCUT2D eigenvalue weighted by molar-refractivity contribution is 6.29. The molecule has 0 unspecified atom stereocenters. The number of hydrogen-bond donors (Lipinski definition) is 2. The maximum atomic E-state index is 5.93. The van der Waals surface area contributed by atoms with Crippen molar-refractivity contribution in [3.05, 3.63) is 46.1 Å². The van der Waals surface area contributed by atoms with E-state index < -0.39 is 0 Å². The molecule has 1 heterocycles. The van der Waals surface area contributed by atoms with Crippen molar-refractivity contribution in [3.8, 4) is 0 Å². The van der Waals surface area contributed by atoms with Crippen LogP contribution in [0.3, 0.4) is 0 Å². The summed E-state index contributed by atoms with van der Waals surface area (Å²) in [6.45, 7) is 4.35. The Hall–Kier alpha value is -1.81. The van der Waals surface area contributed by atoms with Crippen LogP contribution in [0.4, 0.5) is 11.8 Å². The van der Waals surface area contributed by atoms with Gasteiger partial charge in [0.05, 0.1) is 6.04 Å². The van der Waals surface area contributed by atoms with Crippen LogP contribution in [0.25, 0.3) is 0 Å².